The molecule has 4 heteroatoms. The van der Waals surface area contributed by atoms with E-state index >= 15 is 0 Å². The molecule has 0 aliphatic rings. The zero-order chi connectivity index (χ0) is 11.3. The third-order valence-electron chi connectivity index (χ3n) is 2.14. The van der Waals surface area contributed by atoms with Gasteiger partial charge in [0.2, 0.25) is 5.91 Å². The molecule has 0 aliphatic carbocycles. The number of hydrogen-bond acceptors (Lipinski definition) is 1. The van der Waals surface area contributed by atoms with Crippen LogP contribution in [0.5, 0.6) is 0 Å². The Kier molecular flexibility index (Phi) is 5.12. The first-order valence-electron chi connectivity index (χ1n) is 4.71. The van der Waals surface area contributed by atoms with Crippen molar-refractivity contribution in [2.24, 2.45) is 0 Å². The molecule has 1 aromatic rings. The molecule has 82 valence electrons. The average Bonchev–Trinajstić information content (AvgIpc) is 2.25. The predicted octanol–water partition coefficient (Wildman–Crippen LogP) is 2.95. The van der Waals surface area contributed by atoms with Crippen molar-refractivity contribution in [2.75, 3.05) is 11.9 Å². The minimum absolute atomic E-state index is 0.00359. The van der Waals surface area contributed by atoms with Crippen molar-refractivity contribution in [3.8, 4) is 0 Å². The lowest BCUT2D eigenvalue weighted by atomic mass is 10.0. The normalized spacial score (nSPS) is 12.2. The SMILES string of the molecule is CC(CNC(=O)CBr)c1cccc(Cl)c1. The largest absolute Gasteiger partial charge is 0.355 e. The second-order valence-corrected chi connectivity index (χ2v) is 4.39. The zero-order valence-electron chi connectivity index (χ0n) is 8.47. The maximum absolute atomic E-state index is 11.0. The maximum Gasteiger partial charge on any atom is 0.230 e. The summed E-state index contributed by atoms with van der Waals surface area (Å²) in [6, 6.07) is 7.69. The molecule has 2 nitrogen and oxygen atoms in total. The van der Waals surface area contributed by atoms with Gasteiger partial charge in [0.1, 0.15) is 0 Å². The molecule has 1 rings (SSSR count). The van der Waals surface area contributed by atoms with Crippen LogP contribution < -0.4 is 5.32 Å². The fourth-order valence-corrected chi connectivity index (χ4v) is 1.64. The Morgan fingerprint density at radius 1 is 1.60 bits per heavy atom. The first kappa shape index (κ1) is 12.5. The standard InChI is InChI=1S/C11H13BrClNO/c1-8(7-14-11(15)6-12)9-3-2-4-10(13)5-9/h2-5,8H,6-7H2,1H3,(H,14,15). The van der Waals surface area contributed by atoms with E-state index in [0.29, 0.717) is 11.9 Å². The molecule has 0 heterocycles. The minimum atomic E-state index is 0.00359. The first-order valence-corrected chi connectivity index (χ1v) is 6.21. The van der Waals surface area contributed by atoms with Crippen molar-refractivity contribution >= 4 is 33.4 Å². The molecule has 1 N–H and O–H groups in total. The predicted molar refractivity (Wildman–Crippen MR) is 66.7 cm³/mol. The van der Waals surface area contributed by atoms with E-state index in [4.69, 9.17) is 11.6 Å². The van der Waals surface area contributed by atoms with Crippen molar-refractivity contribution in [2.45, 2.75) is 12.8 Å². The van der Waals surface area contributed by atoms with Crippen LogP contribution in [-0.2, 0) is 4.79 Å². The van der Waals surface area contributed by atoms with E-state index in [-0.39, 0.29) is 11.8 Å². The Hall–Kier alpha value is -0.540. The van der Waals surface area contributed by atoms with Crippen LogP contribution in [0.2, 0.25) is 5.02 Å². The van der Waals surface area contributed by atoms with Gasteiger partial charge in [-0.05, 0) is 23.6 Å². The molecule has 1 aromatic carbocycles. The summed E-state index contributed by atoms with van der Waals surface area (Å²) >= 11 is 8.98. The van der Waals surface area contributed by atoms with Crippen molar-refractivity contribution in [1.29, 1.82) is 0 Å². The molecule has 0 bridgehead atoms. The van der Waals surface area contributed by atoms with Crippen molar-refractivity contribution in [1.82, 2.24) is 5.32 Å². The van der Waals surface area contributed by atoms with Crippen molar-refractivity contribution in [3.05, 3.63) is 34.9 Å². The number of nitrogens with one attached hydrogen (secondary N) is 1. The summed E-state index contributed by atoms with van der Waals surface area (Å²) in [4.78, 5) is 11.0. The number of halogens is 2. The van der Waals surface area contributed by atoms with Gasteiger partial charge in [0.05, 0.1) is 5.33 Å². The summed E-state index contributed by atoms with van der Waals surface area (Å²) in [6.45, 7) is 2.69. The van der Waals surface area contributed by atoms with Crippen LogP contribution in [0.3, 0.4) is 0 Å². The number of amides is 1. The van der Waals surface area contributed by atoms with Crippen LogP contribution in [0.25, 0.3) is 0 Å². The van der Waals surface area contributed by atoms with E-state index in [1.165, 1.54) is 0 Å². The molecular weight excluding hydrogens is 277 g/mol. The average molecular weight is 291 g/mol. The van der Waals surface area contributed by atoms with E-state index in [9.17, 15) is 4.79 Å². The topological polar surface area (TPSA) is 29.1 Å². The fraction of sp³-hybridized carbons (Fsp3) is 0.364. The van der Waals surface area contributed by atoms with E-state index < -0.39 is 0 Å². The Bertz CT molecular complexity index is 343. The van der Waals surface area contributed by atoms with Gasteiger partial charge in [-0.3, -0.25) is 4.79 Å². The molecule has 0 aliphatic heterocycles. The molecule has 0 saturated heterocycles. The highest BCUT2D eigenvalue weighted by Crippen LogP contribution is 2.18. The first-order chi connectivity index (χ1) is 7.13. The zero-order valence-corrected chi connectivity index (χ0v) is 10.8. The smallest absolute Gasteiger partial charge is 0.230 e. The summed E-state index contributed by atoms with van der Waals surface area (Å²) in [7, 11) is 0. The summed E-state index contributed by atoms with van der Waals surface area (Å²) < 4.78 is 0. The van der Waals surface area contributed by atoms with Gasteiger partial charge in [-0.25, -0.2) is 0 Å². The van der Waals surface area contributed by atoms with Crippen LogP contribution in [-0.4, -0.2) is 17.8 Å². The number of benzene rings is 1. The second-order valence-electron chi connectivity index (χ2n) is 3.39. The highest BCUT2D eigenvalue weighted by Gasteiger charge is 2.07. The van der Waals surface area contributed by atoms with Gasteiger partial charge in [0, 0.05) is 11.6 Å². The molecule has 0 spiro atoms. The van der Waals surface area contributed by atoms with Gasteiger partial charge in [-0.1, -0.05) is 46.6 Å². The van der Waals surface area contributed by atoms with Crippen LogP contribution >= 0.6 is 27.5 Å². The molecule has 0 radical (unpaired) electrons. The van der Waals surface area contributed by atoms with Crippen molar-refractivity contribution < 1.29 is 4.79 Å². The number of carbonyl (C=O) groups excluding carboxylic acids is 1. The lowest BCUT2D eigenvalue weighted by Gasteiger charge is -2.12. The molecule has 0 fully saturated rings. The molecule has 0 aromatic heterocycles. The van der Waals surface area contributed by atoms with Crippen LogP contribution in [0, 0.1) is 0 Å². The molecule has 1 unspecified atom stereocenters. The highest BCUT2D eigenvalue weighted by molar-refractivity contribution is 9.09. The van der Waals surface area contributed by atoms with Gasteiger partial charge in [0.25, 0.3) is 0 Å². The van der Waals surface area contributed by atoms with Gasteiger partial charge >= 0.3 is 0 Å². The van der Waals surface area contributed by atoms with Crippen LogP contribution in [0.1, 0.15) is 18.4 Å². The minimum Gasteiger partial charge on any atom is -0.355 e. The number of rotatable bonds is 4. The Labute approximate surface area is 103 Å². The molecule has 15 heavy (non-hydrogen) atoms. The molecule has 1 atom stereocenters. The third-order valence-corrected chi connectivity index (χ3v) is 2.89. The van der Waals surface area contributed by atoms with Gasteiger partial charge < -0.3 is 5.32 Å². The van der Waals surface area contributed by atoms with E-state index in [1.807, 2.05) is 24.3 Å². The third kappa shape index (κ3) is 4.22. The van der Waals surface area contributed by atoms with Gasteiger partial charge in [-0.15, -0.1) is 0 Å². The quantitative estimate of drug-likeness (QED) is 0.849. The number of carbonyl (C=O) groups is 1. The van der Waals surface area contributed by atoms with Gasteiger partial charge in [0.15, 0.2) is 0 Å². The summed E-state index contributed by atoms with van der Waals surface area (Å²) in [5.74, 6) is 0.274. The Morgan fingerprint density at radius 2 is 2.33 bits per heavy atom. The molecule has 0 saturated carbocycles. The fourth-order valence-electron chi connectivity index (χ4n) is 1.25. The second kappa shape index (κ2) is 6.13. The van der Waals surface area contributed by atoms with Crippen molar-refractivity contribution in [3.63, 3.8) is 0 Å². The summed E-state index contributed by atoms with van der Waals surface area (Å²) in [5.41, 5.74) is 1.14. The highest BCUT2D eigenvalue weighted by atomic mass is 79.9. The van der Waals surface area contributed by atoms with E-state index in [0.717, 1.165) is 10.6 Å². The Morgan fingerprint density at radius 3 is 2.93 bits per heavy atom. The number of alkyl halides is 1. The maximum atomic E-state index is 11.0. The molecule has 1 amide bonds. The lowest BCUT2D eigenvalue weighted by molar-refractivity contribution is -0.118. The monoisotopic (exact) mass is 289 g/mol. The van der Waals surface area contributed by atoms with E-state index in [2.05, 4.69) is 28.2 Å². The Balaban J connectivity index is 2.53. The van der Waals surface area contributed by atoms with E-state index in [1.54, 1.807) is 0 Å². The molecular formula is C11H13BrClNO. The van der Waals surface area contributed by atoms with Crippen LogP contribution in [0.15, 0.2) is 24.3 Å². The number of hydrogen-bond donors (Lipinski definition) is 1. The van der Waals surface area contributed by atoms with Gasteiger partial charge in [-0.2, -0.15) is 0 Å². The van der Waals surface area contributed by atoms with Crippen LogP contribution in [0.4, 0.5) is 0 Å². The summed E-state index contributed by atoms with van der Waals surface area (Å²) in [5, 5.41) is 3.89. The summed E-state index contributed by atoms with van der Waals surface area (Å²) in [6.07, 6.45) is 0. The lowest BCUT2D eigenvalue weighted by Crippen LogP contribution is -2.28.